The molecule has 6 heteroatoms. The summed E-state index contributed by atoms with van der Waals surface area (Å²) in [6.07, 6.45) is 0. The minimum Gasteiger partial charge on any atom is -0.374 e. The van der Waals surface area contributed by atoms with Gasteiger partial charge in [0.15, 0.2) is 0 Å². The topological polar surface area (TPSA) is 73.5 Å². The fourth-order valence-electron chi connectivity index (χ4n) is 1.96. The summed E-state index contributed by atoms with van der Waals surface area (Å²) in [6.45, 7) is 7.83. The van der Waals surface area contributed by atoms with E-state index in [9.17, 15) is 9.59 Å². The highest BCUT2D eigenvalue weighted by Crippen LogP contribution is 2.18. The lowest BCUT2D eigenvalue weighted by molar-refractivity contribution is -0.120. The summed E-state index contributed by atoms with van der Waals surface area (Å²) < 4.78 is 0. The van der Waals surface area contributed by atoms with Crippen LogP contribution < -0.4 is 20.9 Å². The van der Waals surface area contributed by atoms with Gasteiger partial charge in [0.2, 0.25) is 5.91 Å². The average molecular weight is 292 g/mol. The van der Waals surface area contributed by atoms with Gasteiger partial charge in [-0.2, -0.15) is 0 Å². The molecule has 0 radical (unpaired) electrons. The van der Waals surface area contributed by atoms with E-state index in [4.69, 9.17) is 0 Å². The number of benzene rings is 1. The van der Waals surface area contributed by atoms with Crippen molar-refractivity contribution in [2.45, 2.75) is 26.8 Å². The van der Waals surface area contributed by atoms with E-state index in [0.717, 1.165) is 24.5 Å². The Balaban J connectivity index is 2.62. The maximum atomic E-state index is 11.7. The van der Waals surface area contributed by atoms with E-state index in [0.29, 0.717) is 0 Å². The van der Waals surface area contributed by atoms with E-state index < -0.39 is 12.1 Å². The molecule has 0 bridgehead atoms. The summed E-state index contributed by atoms with van der Waals surface area (Å²) in [6, 6.07) is 6.87. The number of nitrogens with zero attached hydrogens (tertiary/aromatic N) is 1. The highest BCUT2D eigenvalue weighted by atomic mass is 16.2. The molecule has 0 aromatic heterocycles. The Morgan fingerprint density at radius 3 is 2.19 bits per heavy atom. The zero-order valence-corrected chi connectivity index (χ0v) is 13.1. The Kier molecular flexibility index (Phi) is 6.52. The first kappa shape index (κ1) is 16.8. The van der Waals surface area contributed by atoms with Crippen LogP contribution in [0.4, 0.5) is 16.2 Å². The van der Waals surface area contributed by atoms with Gasteiger partial charge in [0.1, 0.15) is 6.04 Å². The molecule has 1 aromatic rings. The van der Waals surface area contributed by atoms with Crippen LogP contribution in [0.15, 0.2) is 24.3 Å². The van der Waals surface area contributed by atoms with E-state index in [1.807, 2.05) is 24.3 Å². The molecule has 0 aliphatic carbocycles. The summed E-state index contributed by atoms with van der Waals surface area (Å²) in [4.78, 5) is 25.1. The Labute approximate surface area is 125 Å². The standard InChI is InChI=1S/C15H24N4O2/c1-5-19(6-2)13-9-7-12(8-10-13)17-11(3)14(20)18-15(21)16-4/h7-11,17H,5-6H2,1-4H3,(H2,16,18,20,21). The molecule has 3 N–H and O–H groups in total. The number of carbonyl (C=O) groups excluding carboxylic acids is 2. The van der Waals surface area contributed by atoms with Crippen molar-refractivity contribution in [2.24, 2.45) is 0 Å². The van der Waals surface area contributed by atoms with Gasteiger partial charge in [0.05, 0.1) is 0 Å². The van der Waals surface area contributed by atoms with Crippen LogP contribution >= 0.6 is 0 Å². The lowest BCUT2D eigenvalue weighted by Crippen LogP contribution is -2.44. The molecule has 0 fully saturated rings. The molecule has 1 aromatic carbocycles. The number of carbonyl (C=O) groups is 2. The molecule has 1 atom stereocenters. The van der Waals surface area contributed by atoms with E-state index in [1.54, 1.807) is 6.92 Å². The molecule has 0 aliphatic heterocycles. The van der Waals surface area contributed by atoms with Crippen molar-refractivity contribution in [1.29, 1.82) is 0 Å². The normalized spacial score (nSPS) is 11.4. The van der Waals surface area contributed by atoms with Crippen molar-refractivity contribution < 1.29 is 9.59 Å². The third kappa shape index (κ3) is 4.98. The van der Waals surface area contributed by atoms with Crippen molar-refractivity contribution in [2.75, 3.05) is 30.4 Å². The number of urea groups is 1. The van der Waals surface area contributed by atoms with Gasteiger partial charge in [-0.3, -0.25) is 10.1 Å². The second-order valence-electron chi connectivity index (χ2n) is 4.65. The van der Waals surface area contributed by atoms with Crippen molar-refractivity contribution in [1.82, 2.24) is 10.6 Å². The summed E-state index contributed by atoms with van der Waals surface area (Å²) >= 11 is 0. The largest absolute Gasteiger partial charge is 0.374 e. The minimum absolute atomic E-state index is 0.373. The van der Waals surface area contributed by atoms with Gasteiger partial charge in [-0.1, -0.05) is 0 Å². The van der Waals surface area contributed by atoms with Gasteiger partial charge in [-0.15, -0.1) is 0 Å². The Hall–Kier alpha value is -2.24. The maximum Gasteiger partial charge on any atom is 0.321 e. The molecule has 0 aliphatic rings. The third-order valence-electron chi connectivity index (χ3n) is 3.24. The highest BCUT2D eigenvalue weighted by molar-refractivity contribution is 5.97. The quantitative estimate of drug-likeness (QED) is 0.747. The van der Waals surface area contributed by atoms with Crippen LogP contribution in [0.2, 0.25) is 0 Å². The fraction of sp³-hybridized carbons (Fsp3) is 0.467. The molecule has 6 nitrogen and oxygen atoms in total. The summed E-state index contributed by atoms with van der Waals surface area (Å²) in [5.74, 6) is -0.373. The lowest BCUT2D eigenvalue weighted by Gasteiger charge is -2.21. The predicted molar refractivity (Wildman–Crippen MR) is 85.7 cm³/mol. The molecular weight excluding hydrogens is 268 g/mol. The van der Waals surface area contributed by atoms with Gasteiger partial charge in [-0.05, 0) is 45.0 Å². The number of rotatable bonds is 6. The Morgan fingerprint density at radius 1 is 1.14 bits per heavy atom. The van der Waals surface area contributed by atoms with Crippen molar-refractivity contribution in [3.8, 4) is 0 Å². The van der Waals surface area contributed by atoms with Crippen LogP contribution in [0.3, 0.4) is 0 Å². The fourth-order valence-corrected chi connectivity index (χ4v) is 1.96. The monoisotopic (exact) mass is 292 g/mol. The van der Waals surface area contributed by atoms with Gasteiger partial charge < -0.3 is 15.5 Å². The second-order valence-corrected chi connectivity index (χ2v) is 4.65. The average Bonchev–Trinajstić information content (AvgIpc) is 2.49. The van der Waals surface area contributed by atoms with E-state index in [-0.39, 0.29) is 5.91 Å². The molecule has 0 spiro atoms. The van der Waals surface area contributed by atoms with Gasteiger partial charge >= 0.3 is 6.03 Å². The van der Waals surface area contributed by atoms with Crippen LogP contribution in [-0.4, -0.2) is 38.1 Å². The van der Waals surface area contributed by atoms with E-state index >= 15 is 0 Å². The van der Waals surface area contributed by atoms with Crippen LogP contribution in [-0.2, 0) is 4.79 Å². The molecule has 1 unspecified atom stereocenters. The molecular formula is C15H24N4O2. The van der Waals surface area contributed by atoms with Crippen molar-refractivity contribution >= 4 is 23.3 Å². The molecule has 0 saturated carbocycles. The first-order valence-corrected chi connectivity index (χ1v) is 7.15. The molecule has 0 heterocycles. The second kappa shape index (κ2) is 8.14. The van der Waals surface area contributed by atoms with Crippen LogP contribution in [0, 0.1) is 0 Å². The number of nitrogens with one attached hydrogen (secondary N) is 3. The van der Waals surface area contributed by atoms with Gasteiger partial charge in [0, 0.05) is 31.5 Å². The van der Waals surface area contributed by atoms with Crippen molar-refractivity contribution in [3.63, 3.8) is 0 Å². The number of amides is 3. The predicted octanol–water partition coefficient (Wildman–Crippen LogP) is 1.79. The van der Waals surface area contributed by atoms with Gasteiger partial charge in [-0.25, -0.2) is 4.79 Å². The maximum absolute atomic E-state index is 11.7. The van der Waals surface area contributed by atoms with Gasteiger partial charge in [0.25, 0.3) is 0 Å². The highest BCUT2D eigenvalue weighted by Gasteiger charge is 2.14. The Bertz CT molecular complexity index is 469. The third-order valence-corrected chi connectivity index (χ3v) is 3.24. The summed E-state index contributed by atoms with van der Waals surface area (Å²) in [7, 11) is 1.46. The summed E-state index contributed by atoms with van der Waals surface area (Å²) in [5, 5.41) is 7.64. The first-order chi connectivity index (χ1) is 10.0. The molecule has 1 rings (SSSR count). The van der Waals surface area contributed by atoms with Crippen LogP contribution in [0.5, 0.6) is 0 Å². The Morgan fingerprint density at radius 2 is 1.71 bits per heavy atom. The van der Waals surface area contributed by atoms with E-state index in [2.05, 4.69) is 34.7 Å². The molecule has 21 heavy (non-hydrogen) atoms. The molecule has 3 amide bonds. The smallest absolute Gasteiger partial charge is 0.321 e. The minimum atomic E-state index is -0.509. The van der Waals surface area contributed by atoms with Crippen LogP contribution in [0.25, 0.3) is 0 Å². The zero-order valence-electron chi connectivity index (χ0n) is 13.1. The van der Waals surface area contributed by atoms with Crippen molar-refractivity contribution in [3.05, 3.63) is 24.3 Å². The number of hydrogen-bond donors (Lipinski definition) is 3. The number of anilines is 2. The molecule has 0 saturated heterocycles. The summed E-state index contributed by atoms with van der Waals surface area (Å²) in [5.41, 5.74) is 1.98. The number of imide groups is 1. The zero-order chi connectivity index (χ0) is 15.8. The lowest BCUT2D eigenvalue weighted by atomic mass is 10.2. The number of hydrogen-bond acceptors (Lipinski definition) is 4. The van der Waals surface area contributed by atoms with Crippen LogP contribution in [0.1, 0.15) is 20.8 Å². The SMILES string of the molecule is CCN(CC)c1ccc(NC(C)C(=O)NC(=O)NC)cc1. The van der Waals surface area contributed by atoms with E-state index in [1.165, 1.54) is 7.05 Å². The first-order valence-electron chi connectivity index (χ1n) is 7.15. The molecule has 116 valence electrons.